The first-order chi connectivity index (χ1) is 17.2. The van der Waals surface area contributed by atoms with E-state index in [1.165, 1.54) is 27.8 Å². The van der Waals surface area contributed by atoms with Gasteiger partial charge in [0.25, 0.3) is 0 Å². The first kappa shape index (κ1) is 19.9. The molecule has 0 saturated carbocycles. The second-order valence-electron chi connectivity index (χ2n) is 9.20. The normalized spacial score (nSPS) is 12.1. The zero-order chi connectivity index (χ0) is 23.5. The van der Waals surface area contributed by atoms with Gasteiger partial charge in [-0.1, -0.05) is 97.1 Å². The van der Waals surface area contributed by atoms with Gasteiger partial charge >= 0.3 is 0 Å². The monoisotopic (exact) mass is 450 g/mol. The second-order valence-corrected chi connectivity index (χ2v) is 9.20. The van der Waals surface area contributed by atoms with E-state index < -0.39 is 0 Å². The number of benzene rings is 6. The molecule has 7 rings (SSSR count). The van der Waals surface area contributed by atoms with Crippen LogP contribution in [0.4, 0.5) is 0 Å². The molecule has 0 radical (unpaired) electrons. The van der Waals surface area contributed by atoms with Gasteiger partial charge in [0.1, 0.15) is 11.5 Å². The van der Waals surface area contributed by atoms with Gasteiger partial charge in [-0.2, -0.15) is 0 Å². The molecule has 2 N–H and O–H groups in total. The van der Waals surface area contributed by atoms with Crippen molar-refractivity contribution in [3.05, 3.63) is 120 Å². The number of aromatic hydroxyl groups is 2. The highest BCUT2D eigenvalue weighted by atomic mass is 16.3. The summed E-state index contributed by atoms with van der Waals surface area (Å²) in [6, 6.07) is 36.8. The van der Waals surface area contributed by atoms with Crippen LogP contribution in [0.15, 0.2) is 109 Å². The van der Waals surface area contributed by atoms with Gasteiger partial charge in [-0.3, -0.25) is 0 Å². The molecule has 0 saturated heterocycles. The minimum atomic E-state index is 0.287. The Morgan fingerprint density at radius 1 is 0.400 bits per heavy atom. The number of rotatable bonds is 2. The maximum absolute atomic E-state index is 10.6. The molecule has 2 nitrogen and oxygen atoms in total. The van der Waals surface area contributed by atoms with Gasteiger partial charge in [0.15, 0.2) is 0 Å². The van der Waals surface area contributed by atoms with E-state index in [2.05, 4.69) is 60.7 Å². The molecule has 6 aromatic rings. The quantitative estimate of drug-likeness (QED) is 0.278. The summed E-state index contributed by atoms with van der Waals surface area (Å²) in [7, 11) is 0. The van der Waals surface area contributed by atoms with Crippen LogP contribution in [0, 0.1) is 0 Å². The van der Waals surface area contributed by atoms with Gasteiger partial charge in [-0.25, -0.2) is 0 Å². The Bertz CT molecular complexity index is 1800. The van der Waals surface area contributed by atoms with Crippen molar-refractivity contribution in [3.8, 4) is 44.9 Å². The molecule has 0 aromatic heterocycles. The van der Waals surface area contributed by atoms with E-state index in [1.54, 1.807) is 12.1 Å². The van der Waals surface area contributed by atoms with Gasteiger partial charge in [-0.05, 0) is 73.8 Å². The SMILES string of the molecule is Oc1cccc2c(-c3ccc4c(c3-c3cccc5c(O)cccc35)Cc3ccccc3-4)cccc12. The predicted molar refractivity (Wildman–Crippen MR) is 144 cm³/mol. The summed E-state index contributed by atoms with van der Waals surface area (Å²) in [5.41, 5.74) is 9.69. The summed E-state index contributed by atoms with van der Waals surface area (Å²) in [4.78, 5) is 0. The summed E-state index contributed by atoms with van der Waals surface area (Å²) in [5.74, 6) is 0.575. The van der Waals surface area contributed by atoms with E-state index in [9.17, 15) is 10.2 Å². The van der Waals surface area contributed by atoms with Gasteiger partial charge < -0.3 is 10.2 Å². The van der Waals surface area contributed by atoms with Crippen LogP contribution in [0.25, 0.3) is 54.9 Å². The minimum Gasteiger partial charge on any atom is -0.507 e. The third kappa shape index (κ3) is 2.90. The maximum atomic E-state index is 10.6. The summed E-state index contributed by atoms with van der Waals surface area (Å²) in [5, 5.41) is 24.9. The van der Waals surface area contributed by atoms with Crippen molar-refractivity contribution in [2.45, 2.75) is 6.42 Å². The first-order valence-corrected chi connectivity index (χ1v) is 11.9. The second kappa shape index (κ2) is 7.48. The van der Waals surface area contributed by atoms with E-state index in [-0.39, 0.29) is 11.5 Å². The number of hydrogen-bond donors (Lipinski definition) is 2. The molecule has 166 valence electrons. The van der Waals surface area contributed by atoms with E-state index in [0.29, 0.717) is 0 Å². The third-order valence-corrected chi connectivity index (χ3v) is 7.35. The average Bonchev–Trinajstić information content (AvgIpc) is 3.27. The molecule has 35 heavy (non-hydrogen) atoms. The summed E-state index contributed by atoms with van der Waals surface area (Å²) >= 11 is 0. The molecule has 1 aliphatic carbocycles. The zero-order valence-corrected chi connectivity index (χ0v) is 19.0. The predicted octanol–water partition coefficient (Wildman–Crippen LogP) is 8.31. The molecule has 0 aliphatic heterocycles. The van der Waals surface area contributed by atoms with Crippen molar-refractivity contribution in [2.75, 3.05) is 0 Å². The van der Waals surface area contributed by atoms with Crippen molar-refractivity contribution in [1.82, 2.24) is 0 Å². The summed E-state index contributed by atoms with van der Waals surface area (Å²) in [6.45, 7) is 0. The largest absolute Gasteiger partial charge is 0.507 e. The van der Waals surface area contributed by atoms with Crippen LogP contribution in [0.2, 0.25) is 0 Å². The Kier molecular flexibility index (Phi) is 4.24. The van der Waals surface area contributed by atoms with Crippen molar-refractivity contribution in [3.63, 3.8) is 0 Å². The maximum Gasteiger partial charge on any atom is 0.123 e. The molecule has 6 aromatic carbocycles. The Morgan fingerprint density at radius 2 is 0.943 bits per heavy atom. The summed E-state index contributed by atoms with van der Waals surface area (Å²) < 4.78 is 0. The van der Waals surface area contributed by atoms with E-state index in [0.717, 1.165) is 44.7 Å². The molecule has 0 amide bonds. The fourth-order valence-corrected chi connectivity index (χ4v) is 5.78. The van der Waals surface area contributed by atoms with Crippen LogP contribution in [-0.2, 0) is 6.42 Å². The number of fused-ring (bicyclic) bond motifs is 5. The molecule has 0 unspecified atom stereocenters. The van der Waals surface area contributed by atoms with Crippen LogP contribution in [-0.4, -0.2) is 10.2 Å². The minimum absolute atomic E-state index is 0.287. The number of phenols is 2. The molecular weight excluding hydrogens is 428 g/mol. The lowest BCUT2D eigenvalue weighted by Gasteiger charge is -2.19. The van der Waals surface area contributed by atoms with Crippen LogP contribution < -0.4 is 0 Å². The Morgan fingerprint density at radius 3 is 1.69 bits per heavy atom. The van der Waals surface area contributed by atoms with Gasteiger partial charge in [0.2, 0.25) is 0 Å². The summed E-state index contributed by atoms with van der Waals surface area (Å²) in [6.07, 6.45) is 0.861. The van der Waals surface area contributed by atoms with Gasteiger partial charge in [0.05, 0.1) is 0 Å². The van der Waals surface area contributed by atoms with Gasteiger partial charge in [-0.15, -0.1) is 0 Å². The highest BCUT2D eigenvalue weighted by molar-refractivity contribution is 6.09. The van der Waals surface area contributed by atoms with Crippen LogP contribution >= 0.6 is 0 Å². The molecular formula is C33H22O2. The molecule has 0 spiro atoms. The average molecular weight is 451 g/mol. The molecule has 0 heterocycles. The first-order valence-electron chi connectivity index (χ1n) is 11.9. The number of phenolic OH excluding ortho intramolecular Hbond substituents is 2. The molecule has 1 aliphatic rings. The molecule has 0 fully saturated rings. The van der Waals surface area contributed by atoms with E-state index >= 15 is 0 Å². The lowest BCUT2D eigenvalue weighted by molar-refractivity contribution is 0.481. The molecule has 0 bridgehead atoms. The molecule has 0 atom stereocenters. The van der Waals surface area contributed by atoms with E-state index in [1.807, 2.05) is 36.4 Å². The van der Waals surface area contributed by atoms with Crippen LogP contribution in [0.5, 0.6) is 11.5 Å². The van der Waals surface area contributed by atoms with Crippen molar-refractivity contribution in [2.24, 2.45) is 0 Å². The lowest BCUT2D eigenvalue weighted by Crippen LogP contribution is -1.95. The highest BCUT2D eigenvalue weighted by Crippen LogP contribution is 2.49. The number of hydrogen-bond acceptors (Lipinski definition) is 2. The Balaban J connectivity index is 1.62. The fraction of sp³-hybridized carbons (Fsp3) is 0.0303. The zero-order valence-electron chi connectivity index (χ0n) is 19.0. The van der Waals surface area contributed by atoms with Crippen molar-refractivity contribution in [1.29, 1.82) is 0 Å². The smallest absolute Gasteiger partial charge is 0.123 e. The van der Waals surface area contributed by atoms with Crippen LogP contribution in [0.1, 0.15) is 11.1 Å². The Hall–Kier alpha value is -4.56. The van der Waals surface area contributed by atoms with E-state index in [4.69, 9.17) is 0 Å². The van der Waals surface area contributed by atoms with Crippen LogP contribution in [0.3, 0.4) is 0 Å². The highest BCUT2D eigenvalue weighted by Gasteiger charge is 2.25. The molecule has 2 heteroatoms. The van der Waals surface area contributed by atoms with Crippen molar-refractivity contribution >= 4 is 21.5 Å². The van der Waals surface area contributed by atoms with Crippen molar-refractivity contribution < 1.29 is 10.2 Å². The lowest BCUT2D eigenvalue weighted by atomic mass is 9.84. The fourth-order valence-electron chi connectivity index (χ4n) is 5.78. The topological polar surface area (TPSA) is 40.5 Å². The Labute approximate surface area is 203 Å². The van der Waals surface area contributed by atoms with Gasteiger partial charge in [0, 0.05) is 10.8 Å². The third-order valence-electron chi connectivity index (χ3n) is 7.35. The standard InChI is InChI=1S/C33H22O2/c34-31-15-5-10-22-23(9-3-12-26(22)31)29-18-17-25-21-8-2-1-7-20(21)19-30(25)33(29)28-14-4-13-27-24(28)11-6-16-32(27)35/h1-18,34-35H,19H2.